The third-order valence-electron chi connectivity index (χ3n) is 3.71. The molecule has 0 aliphatic carbocycles. The molecule has 3 amide bonds. The van der Waals surface area contributed by atoms with Crippen molar-refractivity contribution < 1.29 is 23.9 Å². The molecule has 0 atom stereocenters. The summed E-state index contributed by atoms with van der Waals surface area (Å²) >= 11 is 0. The Kier molecular flexibility index (Phi) is 7.36. The highest BCUT2D eigenvalue weighted by molar-refractivity contribution is 6.08. The van der Waals surface area contributed by atoms with E-state index in [1.807, 2.05) is 0 Å². The van der Waals surface area contributed by atoms with E-state index < -0.39 is 5.91 Å². The van der Waals surface area contributed by atoms with Crippen LogP contribution in [0.15, 0.2) is 48.2 Å². The smallest absolute Gasteiger partial charge is 0.272 e. The maximum Gasteiger partial charge on any atom is 0.272 e. The number of carbonyl (C=O) groups is 3. The van der Waals surface area contributed by atoms with E-state index in [1.165, 1.54) is 34.1 Å². The lowest BCUT2D eigenvalue weighted by molar-refractivity contribution is -0.120. The number of methoxy groups -OCH3 is 2. The number of hydrogen-bond acceptors (Lipinski definition) is 5. The van der Waals surface area contributed by atoms with Crippen LogP contribution in [-0.4, -0.2) is 31.9 Å². The van der Waals surface area contributed by atoms with Gasteiger partial charge in [-0.2, -0.15) is 0 Å². The van der Waals surface area contributed by atoms with Gasteiger partial charge in [0, 0.05) is 25.2 Å². The normalized spacial score (nSPS) is 10.7. The van der Waals surface area contributed by atoms with Gasteiger partial charge in [-0.1, -0.05) is 12.1 Å². The van der Waals surface area contributed by atoms with Crippen LogP contribution in [0.1, 0.15) is 19.4 Å². The van der Waals surface area contributed by atoms with Gasteiger partial charge in [0.15, 0.2) is 11.5 Å². The van der Waals surface area contributed by atoms with Gasteiger partial charge in [-0.25, -0.2) is 0 Å². The Morgan fingerprint density at radius 1 is 0.828 bits per heavy atom. The van der Waals surface area contributed by atoms with E-state index in [-0.39, 0.29) is 17.5 Å². The number of anilines is 2. The molecule has 29 heavy (non-hydrogen) atoms. The first kappa shape index (κ1) is 21.5. The monoisotopic (exact) mass is 397 g/mol. The van der Waals surface area contributed by atoms with Crippen molar-refractivity contribution in [3.05, 3.63) is 53.7 Å². The molecule has 152 valence electrons. The Morgan fingerprint density at radius 2 is 1.48 bits per heavy atom. The minimum atomic E-state index is -0.519. The van der Waals surface area contributed by atoms with Crippen LogP contribution < -0.4 is 25.4 Å². The van der Waals surface area contributed by atoms with Crippen molar-refractivity contribution in [3.63, 3.8) is 0 Å². The fourth-order valence-corrected chi connectivity index (χ4v) is 2.53. The van der Waals surface area contributed by atoms with Crippen molar-refractivity contribution >= 4 is 35.2 Å². The molecule has 3 N–H and O–H groups in total. The summed E-state index contributed by atoms with van der Waals surface area (Å²) in [6.45, 7) is 2.71. The van der Waals surface area contributed by atoms with E-state index in [2.05, 4.69) is 16.0 Å². The molecule has 0 saturated heterocycles. The minimum Gasteiger partial charge on any atom is -0.493 e. The summed E-state index contributed by atoms with van der Waals surface area (Å²) in [4.78, 5) is 35.5. The average molecular weight is 397 g/mol. The Bertz CT molecular complexity index is 953. The van der Waals surface area contributed by atoms with E-state index in [1.54, 1.807) is 42.5 Å². The Morgan fingerprint density at radius 3 is 2.07 bits per heavy atom. The van der Waals surface area contributed by atoms with Gasteiger partial charge in [-0.3, -0.25) is 14.4 Å². The Labute approximate surface area is 168 Å². The number of amides is 3. The van der Waals surface area contributed by atoms with Gasteiger partial charge in [-0.05, 0) is 42.0 Å². The molecule has 8 heteroatoms. The zero-order valence-corrected chi connectivity index (χ0v) is 16.7. The lowest BCUT2D eigenvalue weighted by Gasteiger charge is -2.12. The predicted molar refractivity (Wildman–Crippen MR) is 111 cm³/mol. The van der Waals surface area contributed by atoms with Crippen LogP contribution in [-0.2, 0) is 14.4 Å². The van der Waals surface area contributed by atoms with Gasteiger partial charge < -0.3 is 25.4 Å². The van der Waals surface area contributed by atoms with E-state index in [0.717, 1.165) is 0 Å². The molecule has 0 unspecified atom stereocenters. The van der Waals surface area contributed by atoms with E-state index in [9.17, 15) is 14.4 Å². The summed E-state index contributed by atoms with van der Waals surface area (Å²) < 4.78 is 10.5. The van der Waals surface area contributed by atoms with Crippen LogP contribution >= 0.6 is 0 Å². The standard InChI is InChI=1S/C21H23N3O5/c1-13(25)22-16-6-5-7-17(12-16)24-21(27)18(23-14(2)26)10-15-8-9-19(28-3)20(11-15)29-4/h5-12H,1-4H3,(H,22,25)(H,23,26)(H,24,27)/b18-10+. The van der Waals surface area contributed by atoms with Crippen molar-refractivity contribution in [2.24, 2.45) is 0 Å². The number of rotatable bonds is 7. The van der Waals surface area contributed by atoms with E-state index in [4.69, 9.17) is 9.47 Å². The fourth-order valence-electron chi connectivity index (χ4n) is 2.53. The minimum absolute atomic E-state index is 0.0506. The largest absolute Gasteiger partial charge is 0.493 e. The third-order valence-corrected chi connectivity index (χ3v) is 3.71. The second kappa shape index (κ2) is 9.93. The summed E-state index contributed by atoms with van der Waals surface area (Å²) in [6, 6.07) is 11.8. The van der Waals surface area contributed by atoms with Crippen LogP contribution in [0.2, 0.25) is 0 Å². The van der Waals surface area contributed by atoms with Crippen LogP contribution in [0.5, 0.6) is 11.5 Å². The zero-order valence-electron chi connectivity index (χ0n) is 16.7. The maximum atomic E-state index is 12.7. The molecule has 0 radical (unpaired) electrons. The number of nitrogens with one attached hydrogen (secondary N) is 3. The number of benzene rings is 2. The number of ether oxygens (including phenoxy) is 2. The zero-order chi connectivity index (χ0) is 21.4. The second-order valence-electron chi connectivity index (χ2n) is 6.07. The molecule has 0 fully saturated rings. The average Bonchev–Trinajstić information content (AvgIpc) is 2.66. The molecule has 0 aliphatic rings. The van der Waals surface area contributed by atoms with Gasteiger partial charge in [0.2, 0.25) is 11.8 Å². The molecule has 0 aliphatic heterocycles. The maximum absolute atomic E-state index is 12.7. The fraction of sp³-hybridized carbons (Fsp3) is 0.190. The van der Waals surface area contributed by atoms with Crippen LogP contribution in [0.3, 0.4) is 0 Å². The highest BCUT2D eigenvalue weighted by Gasteiger charge is 2.13. The molecule has 0 heterocycles. The lowest BCUT2D eigenvalue weighted by Crippen LogP contribution is -2.29. The van der Waals surface area contributed by atoms with E-state index in [0.29, 0.717) is 28.4 Å². The number of carbonyl (C=O) groups excluding carboxylic acids is 3. The first-order valence-corrected chi connectivity index (χ1v) is 8.72. The first-order chi connectivity index (χ1) is 13.8. The molecule has 0 spiro atoms. The Balaban J connectivity index is 2.30. The van der Waals surface area contributed by atoms with Crippen molar-refractivity contribution in [1.29, 1.82) is 0 Å². The van der Waals surface area contributed by atoms with Gasteiger partial charge in [0.05, 0.1) is 14.2 Å². The summed E-state index contributed by atoms with van der Waals surface area (Å²) in [5.41, 5.74) is 1.69. The molecular weight excluding hydrogens is 374 g/mol. The Hall–Kier alpha value is -3.81. The summed E-state index contributed by atoms with van der Waals surface area (Å²) in [5, 5.41) is 7.88. The third kappa shape index (κ3) is 6.39. The number of hydrogen-bond donors (Lipinski definition) is 3. The van der Waals surface area contributed by atoms with E-state index >= 15 is 0 Å². The molecule has 0 bridgehead atoms. The molecule has 2 aromatic carbocycles. The summed E-state index contributed by atoms with van der Waals surface area (Å²) in [6.07, 6.45) is 1.52. The van der Waals surface area contributed by atoms with Gasteiger partial charge in [0.1, 0.15) is 5.70 Å². The molecule has 2 aromatic rings. The molecule has 0 aromatic heterocycles. The second-order valence-corrected chi connectivity index (χ2v) is 6.07. The van der Waals surface area contributed by atoms with Crippen LogP contribution in [0.25, 0.3) is 6.08 Å². The molecule has 2 rings (SSSR count). The van der Waals surface area contributed by atoms with Gasteiger partial charge in [0.25, 0.3) is 5.91 Å². The SMILES string of the molecule is COc1ccc(/C=C(/NC(C)=O)C(=O)Nc2cccc(NC(C)=O)c2)cc1OC. The van der Waals surface area contributed by atoms with Crippen LogP contribution in [0.4, 0.5) is 11.4 Å². The van der Waals surface area contributed by atoms with Crippen LogP contribution in [0, 0.1) is 0 Å². The highest BCUT2D eigenvalue weighted by Crippen LogP contribution is 2.28. The summed E-state index contributed by atoms with van der Waals surface area (Å²) in [7, 11) is 3.04. The topological polar surface area (TPSA) is 106 Å². The molecular formula is C21H23N3O5. The predicted octanol–water partition coefficient (Wildman–Crippen LogP) is 2.78. The molecule has 0 saturated carbocycles. The van der Waals surface area contributed by atoms with Crippen molar-refractivity contribution in [1.82, 2.24) is 5.32 Å². The van der Waals surface area contributed by atoms with Crippen molar-refractivity contribution in [3.8, 4) is 11.5 Å². The first-order valence-electron chi connectivity index (χ1n) is 8.72. The van der Waals surface area contributed by atoms with Crippen molar-refractivity contribution in [2.75, 3.05) is 24.9 Å². The van der Waals surface area contributed by atoms with Gasteiger partial charge in [-0.15, -0.1) is 0 Å². The molecule has 8 nitrogen and oxygen atoms in total. The summed E-state index contributed by atoms with van der Waals surface area (Å²) in [5.74, 6) is -0.0913. The van der Waals surface area contributed by atoms with Gasteiger partial charge >= 0.3 is 0 Å². The highest BCUT2D eigenvalue weighted by atomic mass is 16.5. The van der Waals surface area contributed by atoms with Crippen molar-refractivity contribution in [2.45, 2.75) is 13.8 Å². The lowest BCUT2D eigenvalue weighted by atomic mass is 10.1. The quantitative estimate of drug-likeness (QED) is 0.623.